The second-order valence-electron chi connectivity index (χ2n) is 5.79. The van der Waals surface area contributed by atoms with Gasteiger partial charge in [0.2, 0.25) is 5.91 Å². The zero-order chi connectivity index (χ0) is 18.2. The number of nitrogens with one attached hydrogen (secondary N) is 1. The molecule has 1 amide bonds. The summed E-state index contributed by atoms with van der Waals surface area (Å²) in [7, 11) is 1.87. The van der Waals surface area contributed by atoms with Crippen LogP contribution in [0, 0.1) is 5.82 Å². The molecule has 1 N–H and O–H groups in total. The number of anilines is 1. The molecule has 6 heteroatoms. The van der Waals surface area contributed by atoms with Gasteiger partial charge >= 0.3 is 0 Å². The molecule has 0 spiro atoms. The van der Waals surface area contributed by atoms with Crippen LogP contribution < -0.4 is 10.1 Å². The van der Waals surface area contributed by atoms with Crippen molar-refractivity contribution in [1.29, 1.82) is 0 Å². The maximum Gasteiger partial charge on any atom is 0.241 e. The molecule has 0 bridgehead atoms. The Morgan fingerprint density at radius 2 is 2.00 bits per heavy atom. The Morgan fingerprint density at radius 3 is 2.68 bits per heavy atom. The third-order valence-corrected chi connectivity index (χ3v) is 4.21. The van der Waals surface area contributed by atoms with E-state index in [9.17, 15) is 9.18 Å². The maximum absolute atomic E-state index is 13.1. The number of carbonyl (C=O) groups is 1. The molecular formula is C19H22ClFN2O2. The van der Waals surface area contributed by atoms with Crippen molar-refractivity contribution in [2.75, 3.05) is 25.5 Å². The number of para-hydroxylation sites is 1. The molecule has 0 heterocycles. The summed E-state index contributed by atoms with van der Waals surface area (Å²) in [6.07, 6.45) is 0.792. The zero-order valence-corrected chi connectivity index (χ0v) is 15.1. The van der Waals surface area contributed by atoms with E-state index in [-0.39, 0.29) is 17.0 Å². The lowest BCUT2D eigenvalue weighted by Crippen LogP contribution is -2.40. The van der Waals surface area contributed by atoms with Gasteiger partial charge in [-0.2, -0.15) is 0 Å². The van der Waals surface area contributed by atoms with Gasteiger partial charge in [0.15, 0.2) is 0 Å². The molecule has 0 radical (unpaired) electrons. The Balaban J connectivity index is 1.76. The third kappa shape index (κ3) is 6.03. The first-order chi connectivity index (χ1) is 12.0. The lowest BCUT2D eigenvalue weighted by molar-refractivity contribution is -0.120. The first-order valence-electron chi connectivity index (χ1n) is 8.11. The van der Waals surface area contributed by atoms with E-state index >= 15 is 0 Å². The van der Waals surface area contributed by atoms with Crippen molar-refractivity contribution in [1.82, 2.24) is 4.90 Å². The number of rotatable bonds is 8. The summed E-state index contributed by atoms with van der Waals surface area (Å²) in [5.74, 6) is 0.202. The van der Waals surface area contributed by atoms with Crippen LogP contribution in [0.2, 0.25) is 5.02 Å². The summed E-state index contributed by atoms with van der Waals surface area (Å²) in [5.41, 5.74) is 0.403. The predicted octanol–water partition coefficient (Wildman–Crippen LogP) is 4.21. The van der Waals surface area contributed by atoms with Crippen LogP contribution in [0.4, 0.5) is 10.1 Å². The summed E-state index contributed by atoms with van der Waals surface area (Å²) < 4.78 is 18.7. The molecule has 2 aromatic rings. The summed E-state index contributed by atoms with van der Waals surface area (Å²) in [6.45, 7) is 3.09. The second-order valence-corrected chi connectivity index (χ2v) is 6.19. The third-order valence-electron chi connectivity index (χ3n) is 3.90. The first-order valence-corrected chi connectivity index (χ1v) is 8.49. The van der Waals surface area contributed by atoms with Crippen molar-refractivity contribution in [3.05, 3.63) is 59.4 Å². The van der Waals surface area contributed by atoms with E-state index in [1.807, 2.05) is 49.2 Å². The SMILES string of the molecule is CC(C(=O)Nc1ccc(F)cc1Cl)N(C)CCCOc1ccccc1. The average molecular weight is 365 g/mol. The lowest BCUT2D eigenvalue weighted by Gasteiger charge is -2.24. The van der Waals surface area contributed by atoms with Crippen LogP contribution in [0.1, 0.15) is 13.3 Å². The molecule has 0 aromatic heterocycles. The van der Waals surface area contributed by atoms with E-state index in [0.717, 1.165) is 12.2 Å². The van der Waals surface area contributed by atoms with E-state index in [1.54, 1.807) is 0 Å². The number of amides is 1. The number of nitrogens with zero attached hydrogens (tertiary/aromatic N) is 1. The highest BCUT2D eigenvalue weighted by atomic mass is 35.5. The molecule has 0 saturated carbocycles. The van der Waals surface area contributed by atoms with Crippen LogP contribution in [0.15, 0.2) is 48.5 Å². The fourth-order valence-corrected chi connectivity index (χ4v) is 2.46. The number of ether oxygens (including phenoxy) is 1. The van der Waals surface area contributed by atoms with E-state index < -0.39 is 5.82 Å². The molecule has 0 aliphatic heterocycles. The van der Waals surface area contributed by atoms with Crippen molar-refractivity contribution in [3.63, 3.8) is 0 Å². The van der Waals surface area contributed by atoms with Crippen molar-refractivity contribution in [2.24, 2.45) is 0 Å². The van der Waals surface area contributed by atoms with Crippen molar-refractivity contribution in [2.45, 2.75) is 19.4 Å². The average Bonchev–Trinajstić information content (AvgIpc) is 2.61. The maximum atomic E-state index is 13.1. The Bertz CT molecular complexity index is 697. The van der Waals surface area contributed by atoms with Gasteiger partial charge < -0.3 is 10.1 Å². The van der Waals surface area contributed by atoms with Crippen molar-refractivity contribution >= 4 is 23.2 Å². The van der Waals surface area contributed by atoms with Crippen LogP contribution in [-0.4, -0.2) is 37.0 Å². The highest BCUT2D eigenvalue weighted by molar-refractivity contribution is 6.33. The molecular weight excluding hydrogens is 343 g/mol. The van der Waals surface area contributed by atoms with Gasteiger partial charge in [-0.25, -0.2) is 4.39 Å². The van der Waals surface area contributed by atoms with E-state index in [1.165, 1.54) is 18.2 Å². The highest BCUT2D eigenvalue weighted by Gasteiger charge is 2.18. The normalized spacial score (nSPS) is 12.0. The van der Waals surface area contributed by atoms with Crippen LogP contribution in [0.3, 0.4) is 0 Å². The minimum Gasteiger partial charge on any atom is -0.494 e. The minimum atomic E-state index is -0.438. The van der Waals surface area contributed by atoms with Crippen molar-refractivity contribution < 1.29 is 13.9 Å². The second kappa shape index (κ2) is 9.39. The van der Waals surface area contributed by atoms with Gasteiger partial charge in [-0.15, -0.1) is 0 Å². The number of hydrogen-bond acceptors (Lipinski definition) is 3. The molecule has 4 nitrogen and oxygen atoms in total. The molecule has 25 heavy (non-hydrogen) atoms. The standard InChI is InChI=1S/C19H22ClFN2O2/c1-14(19(24)22-18-10-9-15(21)13-17(18)20)23(2)11-6-12-25-16-7-4-3-5-8-16/h3-5,7-10,13-14H,6,11-12H2,1-2H3,(H,22,24). The quantitative estimate of drug-likeness (QED) is 0.713. The smallest absolute Gasteiger partial charge is 0.241 e. The number of carbonyl (C=O) groups excluding carboxylic acids is 1. The largest absolute Gasteiger partial charge is 0.494 e. The molecule has 0 aliphatic carbocycles. The Kier molecular flexibility index (Phi) is 7.22. The summed E-state index contributed by atoms with van der Waals surface area (Å²) in [5, 5.41) is 2.90. The predicted molar refractivity (Wildman–Crippen MR) is 98.7 cm³/mol. The Morgan fingerprint density at radius 1 is 1.28 bits per heavy atom. The molecule has 2 aromatic carbocycles. The minimum absolute atomic E-state index is 0.180. The van der Waals surface area contributed by atoms with E-state index in [4.69, 9.17) is 16.3 Å². The Hall–Kier alpha value is -2.11. The van der Waals surface area contributed by atoms with Gasteiger partial charge in [-0.1, -0.05) is 29.8 Å². The number of benzene rings is 2. The van der Waals surface area contributed by atoms with E-state index in [0.29, 0.717) is 18.8 Å². The molecule has 1 atom stereocenters. The zero-order valence-electron chi connectivity index (χ0n) is 14.3. The van der Waals surface area contributed by atoms with E-state index in [2.05, 4.69) is 5.32 Å². The van der Waals surface area contributed by atoms with Crippen LogP contribution in [0.5, 0.6) is 5.75 Å². The van der Waals surface area contributed by atoms with Gasteiger partial charge in [0.05, 0.1) is 23.4 Å². The Labute approximate surface area is 152 Å². The summed E-state index contributed by atoms with van der Waals surface area (Å²) >= 11 is 5.93. The monoisotopic (exact) mass is 364 g/mol. The van der Waals surface area contributed by atoms with Gasteiger partial charge in [-0.05, 0) is 50.7 Å². The first kappa shape index (κ1) is 19.2. The van der Waals surface area contributed by atoms with Gasteiger partial charge in [-0.3, -0.25) is 9.69 Å². The van der Waals surface area contributed by atoms with Gasteiger partial charge in [0.1, 0.15) is 11.6 Å². The molecule has 0 saturated heterocycles. The number of hydrogen-bond donors (Lipinski definition) is 1. The van der Waals surface area contributed by atoms with Crippen LogP contribution in [-0.2, 0) is 4.79 Å². The lowest BCUT2D eigenvalue weighted by atomic mass is 10.2. The number of halogens is 2. The molecule has 1 unspecified atom stereocenters. The van der Waals surface area contributed by atoms with Gasteiger partial charge in [0, 0.05) is 6.54 Å². The fourth-order valence-electron chi connectivity index (χ4n) is 2.24. The fraction of sp³-hybridized carbons (Fsp3) is 0.316. The molecule has 2 rings (SSSR count). The molecule has 0 fully saturated rings. The van der Waals surface area contributed by atoms with Crippen LogP contribution in [0.25, 0.3) is 0 Å². The topological polar surface area (TPSA) is 41.6 Å². The number of likely N-dealkylation sites (N-methyl/N-ethyl adjacent to an activating group) is 1. The molecule has 134 valence electrons. The van der Waals surface area contributed by atoms with Crippen LogP contribution >= 0.6 is 11.6 Å². The highest BCUT2D eigenvalue weighted by Crippen LogP contribution is 2.22. The summed E-state index contributed by atoms with van der Waals surface area (Å²) in [4.78, 5) is 14.2. The van der Waals surface area contributed by atoms with Gasteiger partial charge in [0.25, 0.3) is 0 Å². The summed E-state index contributed by atoms with van der Waals surface area (Å²) in [6, 6.07) is 13.1. The molecule has 0 aliphatic rings. The van der Waals surface area contributed by atoms with Crippen molar-refractivity contribution in [3.8, 4) is 5.75 Å².